The van der Waals surface area contributed by atoms with Gasteiger partial charge in [-0.3, -0.25) is 14.9 Å². The number of esters is 1. The first-order chi connectivity index (χ1) is 11.5. The standard InChI is InChI=1S/C17H14N2O5/c1-8-2-3-9(6-12(8)19(22)23)14-15-10(4-5-13(15)20)18-11-7-24-17(21)16(11)14/h2-3,6,14,18H,4-5,7H2,1H3/t14-/m1/s1. The summed E-state index contributed by atoms with van der Waals surface area (Å²) in [6.45, 7) is 1.80. The minimum atomic E-state index is -0.597. The fourth-order valence-electron chi connectivity index (χ4n) is 3.62. The van der Waals surface area contributed by atoms with E-state index in [1.165, 1.54) is 6.07 Å². The Kier molecular flexibility index (Phi) is 3.06. The summed E-state index contributed by atoms with van der Waals surface area (Å²) >= 11 is 0. The van der Waals surface area contributed by atoms with Crippen LogP contribution in [0.25, 0.3) is 0 Å². The number of ketones is 1. The smallest absolute Gasteiger partial charge is 0.337 e. The van der Waals surface area contributed by atoms with Crippen molar-refractivity contribution in [3.63, 3.8) is 0 Å². The molecule has 7 nitrogen and oxygen atoms in total. The lowest BCUT2D eigenvalue weighted by atomic mass is 9.80. The molecule has 1 N–H and O–H groups in total. The van der Waals surface area contributed by atoms with Gasteiger partial charge in [0.1, 0.15) is 6.61 Å². The number of ether oxygens (including phenoxy) is 1. The molecule has 0 saturated carbocycles. The van der Waals surface area contributed by atoms with Gasteiger partial charge in [-0.15, -0.1) is 0 Å². The molecule has 1 atom stereocenters. The number of carbonyl (C=O) groups excluding carboxylic acids is 2. The molecule has 2 heterocycles. The summed E-state index contributed by atoms with van der Waals surface area (Å²) in [6.07, 6.45) is 0.974. The number of nitro benzene ring substituents is 1. The third kappa shape index (κ3) is 1.97. The minimum Gasteiger partial charge on any atom is -0.456 e. The number of dihydropyridines is 1. The number of cyclic esters (lactones) is 1. The van der Waals surface area contributed by atoms with Crippen LogP contribution in [0.15, 0.2) is 40.7 Å². The fourth-order valence-corrected chi connectivity index (χ4v) is 3.62. The number of rotatable bonds is 2. The molecule has 0 spiro atoms. The number of benzene rings is 1. The summed E-state index contributed by atoms with van der Waals surface area (Å²) in [5, 5.41) is 14.4. The molecule has 1 aromatic rings. The van der Waals surface area contributed by atoms with Gasteiger partial charge in [0.2, 0.25) is 0 Å². The van der Waals surface area contributed by atoms with Crippen LogP contribution in [-0.2, 0) is 14.3 Å². The lowest BCUT2D eigenvalue weighted by Gasteiger charge is -2.25. The van der Waals surface area contributed by atoms with E-state index in [1.54, 1.807) is 19.1 Å². The molecule has 3 aliphatic rings. The predicted molar refractivity (Wildman–Crippen MR) is 83.0 cm³/mol. The summed E-state index contributed by atoms with van der Waals surface area (Å²) in [4.78, 5) is 35.4. The van der Waals surface area contributed by atoms with E-state index < -0.39 is 16.8 Å². The van der Waals surface area contributed by atoms with Crippen molar-refractivity contribution in [1.82, 2.24) is 5.32 Å². The van der Waals surface area contributed by atoms with E-state index in [4.69, 9.17) is 4.74 Å². The van der Waals surface area contributed by atoms with Gasteiger partial charge in [0.15, 0.2) is 5.78 Å². The Bertz CT molecular complexity index is 841. The molecule has 1 aliphatic carbocycles. The number of Topliss-reactive ketones (excluding diaryl/α,β-unsaturated/α-hetero) is 1. The zero-order valence-electron chi connectivity index (χ0n) is 12.9. The Morgan fingerprint density at radius 3 is 2.75 bits per heavy atom. The zero-order valence-corrected chi connectivity index (χ0v) is 12.9. The van der Waals surface area contributed by atoms with Gasteiger partial charge in [0.05, 0.1) is 16.2 Å². The predicted octanol–water partition coefficient (Wildman–Crippen LogP) is 2.02. The van der Waals surface area contributed by atoms with Crippen molar-refractivity contribution in [2.45, 2.75) is 25.7 Å². The Labute approximate surface area is 137 Å². The molecule has 122 valence electrons. The van der Waals surface area contributed by atoms with Crippen LogP contribution < -0.4 is 5.32 Å². The van der Waals surface area contributed by atoms with E-state index in [0.717, 1.165) is 5.70 Å². The molecule has 24 heavy (non-hydrogen) atoms. The van der Waals surface area contributed by atoms with Gasteiger partial charge in [0, 0.05) is 35.2 Å². The second-order valence-electron chi connectivity index (χ2n) is 6.14. The normalized spacial score (nSPS) is 22.3. The number of carbonyl (C=O) groups is 2. The van der Waals surface area contributed by atoms with E-state index in [9.17, 15) is 19.7 Å². The molecule has 0 unspecified atom stereocenters. The number of nitro groups is 1. The van der Waals surface area contributed by atoms with Crippen LogP contribution in [0.2, 0.25) is 0 Å². The molecule has 0 bridgehead atoms. The highest BCUT2D eigenvalue weighted by atomic mass is 16.6. The molecule has 1 aromatic carbocycles. The first-order valence-electron chi connectivity index (χ1n) is 7.65. The Morgan fingerprint density at radius 1 is 1.21 bits per heavy atom. The second-order valence-corrected chi connectivity index (χ2v) is 6.14. The Balaban J connectivity index is 1.91. The zero-order chi connectivity index (χ0) is 17.0. The van der Waals surface area contributed by atoms with Gasteiger partial charge in [0.25, 0.3) is 5.69 Å². The van der Waals surface area contributed by atoms with Gasteiger partial charge in [-0.25, -0.2) is 4.79 Å². The summed E-state index contributed by atoms with van der Waals surface area (Å²) in [6, 6.07) is 4.85. The molecule has 0 radical (unpaired) electrons. The largest absolute Gasteiger partial charge is 0.456 e. The molecule has 4 rings (SSSR count). The van der Waals surface area contributed by atoms with Crippen molar-refractivity contribution in [3.05, 3.63) is 62.0 Å². The van der Waals surface area contributed by atoms with Crippen molar-refractivity contribution in [3.8, 4) is 0 Å². The second kappa shape index (κ2) is 5.02. The topological polar surface area (TPSA) is 98.5 Å². The number of aryl methyl sites for hydroxylation is 1. The van der Waals surface area contributed by atoms with E-state index in [2.05, 4.69) is 5.32 Å². The summed E-state index contributed by atoms with van der Waals surface area (Å²) in [7, 11) is 0. The average Bonchev–Trinajstić information content (AvgIpc) is 3.10. The summed E-state index contributed by atoms with van der Waals surface area (Å²) in [5.74, 6) is -1.10. The van der Waals surface area contributed by atoms with Crippen LogP contribution in [-0.4, -0.2) is 23.3 Å². The minimum absolute atomic E-state index is 0.0212. The van der Waals surface area contributed by atoms with E-state index in [0.29, 0.717) is 40.8 Å². The van der Waals surface area contributed by atoms with Crippen LogP contribution in [0, 0.1) is 17.0 Å². The van der Waals surface area contributed by atoms with Crippen molar-refractivity contribution in [2.75, 3.05) is 6.61 Å². The Morgan fingerprint density at radius 2 is 2.00 bits per heavy atom. The third-order valence-corrected chi connectivity index (χ3v) is 4.76. The lowest BCUT2D eigenvalue weighted by Crippen LogP contribution is -2.26. The van der Waals surface area contributed by atoms with Gasteiger partial charge in [-0.05, 0) is 18.9 Å². The molecule has 0 saturated heterocycles. The van der Waals surface area contributed by atoms with Crippen molar-refractivity contribution < 1.29 is 19.2 Å². The average molecular weight is 326 g/mol. The molecular weight excluding hydrogens is 312 g/mol. The first kappa shape index (κ1) is 14.6. The summed E-state index contributed by atoms with van der Waals surface area (Å²) < 4.78 is 5.11. The molecule has 0 fully saturated rings. The van der Waals surface area contributed by atoms with Crippen LogP contribution in [0.1, 0.15) is 29.9 Å². The number of hydrogen-bond donors (Lipinski definition) is 1. The van der Waals surface area contributed by atoms with Crippen LogP contribution in [0.4, 0.5) is 5.69 Å². The maximum absolute atomic E-state index is 12.4. The van der Waals surface area contributed by atoms with Gasteiger partial charge < -0.3 is 10.1 Å². The van der Waals surface area contributed by atoms with Crippen molar-refractivity contribution >= 4 is 17.4 Å². The highest BCUT2D eigenvalue weighted by Crippen LogP contribution is 2.45. The summed E-state index contributed by atoms with van der Waals surface area (Å²) in [5.41, 5.74) is 3.46. The van der Waals surface area contributed by atoms with Crippen molar-refractivity contribution in [2.24, 2.45) is 0 Å². The van der Waals surface area contributed by atoms with Gasteiger partial charge in [-0.2, -0.15) is 0 Å². The SMILES string of the molecule is Cc1ccc([C@@H]2C3=C(CCC3=O)NC3=C2C(=O)OC3)cc1[N+](=O)[O-]. The number of nitrogens with zero attached hydrogens (tertiary/aromatic N) is 1. The maximum atomic E-state index is 12.4. The van der Waals surface area contributed by atoms with E-state index >= 15 is 0 Å². The number of hydrogen-bond acceptors (Lipinski definition) is 6. The number of allylic oxidation sites excluding steroid dienone is 2. The maximum Gasteiger partial charge on any atom is 0.337 e. The van der Waals surface area contributed by atoms with Gasteiger partial charge in [-0.1, -0.05) is 12.1 Å². The highest BCUT2D eigenvalue weighted by Gasteiger charge is 2.44. The lowest BCUT2D eigenvalue weighted by molar-refractivity contribution is -0.385. The van der Waals surface area contributed by atoms with Crippen LogP contribution in [0.3, 0.4) is 0 Å². The molecular formula is C17H14N2O5. The highest BCUT2D eigenvalue weighted by molar-refractivity contribution is 6.05. The van der Waals surface area contributed by atoms with Gasteiger partial charge >= 0.3 is 5.97 Å². The molecule has 0 amide bonds. The number of nitrogens with one attached hydrogen (secondary N) is 1. The molecule has 0 aromatic heterocycles. The molecule has 2 aliphatic heterocycles. The van der Waals surface area contributed by atoms with Crippen molar-refractivity contribution in [1.29, 1.82) is 0 Å². The third-order valence-electron chi connectivity index (χ3n) is 4.76. The van der Waals surface area contributed by atoms with Crippen LogP contribution >= 0.6 is 0 Å². The Hall–Kier alpha value is -2.96. The first-order valence-corrected chi connectivity index (χ1v) is 7.65. The fraction of sp³-hybridized carbons (Fsp3) is 0.294. The van der Waals surface area contributed by atoms with E-state index in [1.807, 2.05) is 0 Å². The van der Waals surface area contributed by atoms with E-state index in [-0.39, 0.29) is 18.1 Å². The quantitative estimate of drug-likeness (QED) is 0.507. The monoisotopic (exact) mass is 326 g/mol. The molecule has 7 heteroatoms. The van der Waals surface area contributed by atoms with Crippen LogP contribution in [0.5, 0.6) is 0 Å².